The molecule has 0 radical (unpaired) electrons. The Bertz CT molecular complexity index is 1280. The highest BCUT2D eigenvalue weighted by Gasteiger charge is 2.23. The standard InChI is InChI=1S/C22H24N6O2S/c1-27-13-15(11-24-27)20-21(30)28(9-8-23-20)12-14-6-7-17-19(10-14)31-22(26-17)25-16-4-2-3-5-18(16)29/h6-11,13,16,18,29H,2-5,12H2,1H3,(H,25,26). The first-order valence-corrected chi connectivity index (χ1v) is 11.3. The summed E-state index contributed by atoms with van der Waals surface area (Å²) in [5.41, 5.74) is 2.89. The molecular formula is C22H24N6O2S. The smallest absolute Gasteiger partial charge is 0.277 e. The number of aromatic nitrogens is 5. The highest BCUT2D eigenvalue weighted by atomic mass is 32.1. The van der Waals surface area contributed by atoms with Gasteiger partial charge in [-0.3, -0.25) is 9.48 Å². The lowest BCUT2D eigenvalue weighted by Crippen LogP contribution is -2.36. The minimum atomic E-state index is -0.316. The number of benzene rings is 1. The Kier molecular flexibility index (Phi) is 5.29. The van der Waals surface area contributed by atoms with Gasteiger partial charge in [0, 0.05) is 31.2 Å². The van der Waals surface area contributed by atoms with Crippen LogP contribution in [-0.4, -0.2) is 41.6 Å². The minimum absolute atomic E-state index is 0.0649. The summed E-state index contributed by atoms with van der Waals surface area (Å²) in [4.78, 5) is 21.9. The zero-order valence-electron chi connectivity index (χ0n) is 17.2. The lowest BCUT2D eigenvalue weighted by atomic mass is 9.93. The minimum Gasteiger partial charge on any atom is -0.391 e. The number of anilines is 1. The van der Waals surface area contributed by atoms with Crippen LogP contribution < -0.4 is 10.9 Å². The maximum absolute atomic E-state index is 12.9. The molecule has 1 aliphatic carbocycles. The van der Waals surface area contributed by atoms with E-state index in [9.17, 15) is 9.90 Å². The van der Waals surface area contributed by atoms with E-state index in [4.69, 9.17) is 0 Å². The Morgan fingerprint density at radius 1 is 1.29 bits per heavy atom. The molecule has 4 aromatic rings. The summed E-state index contributed by atoms with van der Waals surface area (Å²) >= 11 is 1.58. The maximum Gasteiger partial charge on any atom is 0.277 e. The largest absolute Gasteiger partial charge is 0.391 e. The predicted octanol–water partition coefficient (Wildman–Crippen LogP) is 3.02. The van der Waals surface area contributed by atoms with Gasteiger partial charge < -0.3 is 15.0 Å². The number of nitrogens with zero attached hydrogens (tertiary/aromatic N) is 5. The first kappa shape index (κ1) is 19.9. The van der Waals surface area contributed by atoms with Crippen molar-refractivity contribution in [3.63, 3.8) is 0 Å². The van der Waals surface area contributed by atoms with Crippen LogP contribution in [0.15, 0.2) is 47.8 Å². The fourth-order valence-electron chi connectivity index (χ4n) is 4.08. The maximum atomic E-state index is 12.9. The zero-order chi connectivity index (χ0) is 21.4. The lowest BCUT2D eigenvalue weighted by Gasteiger charge is -2.27. The van der Waals surface area contributed by atoms with Crippen molar-refractivity contribution in [1.29, 1.82) is 0 Å². The summed E-state index contributed by atoms with van der Waals surface area (Å²) in [5.74, 6) is 0. The van der Waals surface area contributed by atoms with Gasteiger partial charge >= 0.3 is 0 Å². The Morgan fingerprint density at radius 3 is 2.97 bits per heavy atom. The molecule has 0 saturated heterocycles. The number of aliphatic hydroxyl groups excluding tert-OH is 1. The highest BCUT2D eigenvalue weighted by Crippen LogP contribution is 2.30. The topological polar surface area (TPSA) is 97.9 Å². The second kappa shape index (κ2) is 8.24. The van der Waals surface area contributed by atoms with Gasteiger partial charge in [0.25, 0.3) is 5.56 Å². The molecular weight excluding hydrogens is 412 g/mol. The molecule has 1 saturated carbocycles. The van der Waals surface area contributed by atoms with Gasteiger partial charge in [0.1, 0.15) is 5.69 Å². The van der Waals surface area contributed by atoms with Crippen LogP contribution >= 0.6 is 11.3 Å². The number of aryl methyl sites for hydroxylation is 1. The van der Waals surface area contributed by atoms with Crippen LogP contribution in [0.2, 0.25) is 0 Å². The first-order valence-electron chi connectivity index (χ1n) is 10.5. The molecule has 0 amide bonds. The van der Waals surface area contributed by atoms with E-state index in [1.165, 1.54) is 0 Å². The molecule has 9 heteroatoms. The van der Waals surface area contributed by atoms with Crippen LogP contribution in [0.25, 0.3) is 21.5 Å². The van der Waals surface area contributed by atoms with E-state index in [2.05, 4.69) is 26.4 Å². The summed E-state index contributed by atoms with van der Waals surface area (Å²) in [6, 6.07) is 6.12. The normalized spacial score (nSPS) is 19.0. The van der Waals surface area contributed by atoms with Crippen molar-refractivity contribution in [2.75, 3.05) is 5.32 Å². The molecule has 0 bridgehead atoms. The third-order valence-corrected chi connectivity index (χ3v) is 6.69. The molecule has 3 aromatic heterocycles. The van der Waals surface area contributed by atoms with Gasteiger partial charge in [0.2, 0.25) is 0 Å². The van der Waals surface area contributed by atoms with Gasteiger partial charge in [-0.25, -0.2) is 9.97 Å². The molecule has 1 aliphatic rings. The summed E-state index contributed by atoms with van der Waals surface area (Å²) in [7, 11) is 1.81. The molecule has 8 nitrogen and oxygen atoms in total. The molecule has 5 rings (SSSR count). The third-order valence-electron chi connectivity index (χ3n) is 5.74. The van der Waals surface area contributed by atoms with E-state index in [0.717, 1.165) is 46.6 Å². The number of hydrogen-bond donors (Lipinski definition) is 2. The molecule has 1 aromatic carbocycles. The third kappa shape index (κ3) is 4.11. The SMILES string of the molecule is Cn1cc(-c2nccn(Cc3ccc4nc(NC5CCCCC5O)sc4c3)c2=O)cn1. The van der Waals surface area contributed by atoms with Crippen molar-refractivity contribution in [1.82, 2.24) is 24.3 Å². The number of fused-ring (bicyclic) bond motifs is 1. The molecule has 0 spiro atoms. The zero-order valence-corrected chi connectivity index (χ0v) is 18.0. The van der Waals surface area contributed by atoms with Crippen LogP contribution in [0.1, 0.15) is 31.2 Å². The average molecular weight is 437 g/mol. The van der Waals surface area contributed by atoms with Crippen molar-refractivity contribution in [3.05, 3.63) is 58.9 Å². The first-order chi connectivity index (χ1) is 15.1. The van der Waals surface area contributed by atoms with Gasteiger partial charge in [-0.2, -0.15) is 5.10 Å². The fraction of sp³-hybridized carbons (Fsp3) is 0.364. The Morgan fingerprint density at radius 2 is 2.16 bits per heavy atom. The predicted molar refractivity (Wildman–Crippen MR) is 121 cm³/mol. The van der Waals surface area contributed by atoms with Crippen molar-refractivity contribution >= 4 is 26.7 Å². The van der Waals surface area contributed by atoms with Crippen LogP contribution in [0, 0.1) is 0 Å². The molecule has 31 heavy (non-hydrogen) atoms. The van der Waals surface area contributed by atoms with Crippen LogP contribution in [-0.2, 0) is 13.6 Å². The molecule has 1 fully saturated rings. The molecule has 0 aliphatic heterocycles. The van der Waals surface area contributed by atoms with Crippen molar-refractivity contribution in [3.8, 4) is 11.3 Å². The highest BCUT2D eigenvalue weighted by molar-refractivity contribution is 7.22. The van der Waals surface area contributed by atoms with E-state index in [0.29, 0.717) is 17.8 Å². The Labute approximate surface area is 183 Å². The molecule has 2 N–H and O–H groups in total. The van der Waals surface area contributed by atoms with Crippen molar-refractivity contribution < 1.29 is 5.11 Å². The monoisotopic (exact) mass is 436 g/mol. The lowest BCUT2D eigenvalue weighted by molar-refractivity contribution is 0.116. The number of aliphatic hydroxyl groups is 1. The summed E-state index contributed by atoms with van der Waals surface area (Å²) in [6.45, 7) is 0.451. The molecule has 3 heterocycles. The van der Waals surface area contributed by atoms with Crippen molar-refractivity contribution in [2.24, 2.45) is 7.05 Å². The Balaban J connectivity index is 1.38. The van der Waals surface area contributed by atoms with Gasteiger partial charge in [0.15, 0.2) is 5.13 Å². The average Bonchev–Trinajstić information content (AvgIpc) is 3.36. The summed E-state index contributed by atoms with van der Waals surface area (Å²) in [5, 5.41) is 18.6. The second-order valence-electron chi connectivity index (χ2n) is 8.04. The van der Waals surface area contributed by atoms with E-state index in [1.807, 2.05) is 19.2 Å². The number of nitrogens with one attached hydrogen (secondary N) is 1. The fourth-order valence-corrected chi connectivity index (χ4v) is 5.07. The number of thiazole rings is 1. The van der Waals surface area contributed by atoms with E-state index >= 15 is 0 Å². The second-order valence-corrected chi connectivity index (χ2v) is 9.07. The molecule has 160 valence electrons. The van der Waals surface area contributed by atoms with Crippen molar-refractivity contribution in [2.45, 2.75) is 44.4 Å². The van der Waals surface area contributed by atoms with E-state index < -0.39 is 0 Å². The molecule has 2 atom stereocenters. The van der Waals surface area contributed by atoms with Crippen LogP contribution in [0.3, 0.4) is 0 Å². The number of hydrogen-bond acceptors (Lipinski definition) is 7. The quantitative estimate of drug-likeness (QED) is 0.499. The summed E-state index contributed by atoms with van der Waals surface area (Å²) in [6.07, 6.45) is 10.5. The van der Waals surface area contributed by atoms with Gasteiger partial charge in [-0.1, -0.05) is 30.2 Å². The number of rotatable bonds is 5. The summed E-state index contributed by atoms with van der Waals surface area (Å²) < 4.78 is 4.37. The van der Waals surface area contributed by atoms with Gasteiger partial charge in [0.05, 0.1) is 35.1 Å². The van der Waals surface area contributed by atoms with E-state index in [1.54, 1.807) is 45.4 Å². The van der Waals surface area contributed by atoms with Gasteiger partial charge in [-0.15, -0.1) is 0 Å². The van der Waals surface area contributed by atoms with E-state index in [-0.39, 0.29) is 17.7 Å². The molecule has 2 unspecified atom stereocenters. The van der Waals surface area contributed by atoms with Crippen LogP contribution in [0.5, 0.6) is 0 Å². The van der Waals surface area contributed by atoms with Crippen LogP contribution in [0.4, 0.5) is 5.13 Å². The van der Waals surface area contributed by atoms with Gasteiger partial charge in [-0.05, 0) is 30.5 Å². The Hall–Kier alpha value is -3.04.